The highest BCUT2D eigenvalue weighted by Crippen LogP contribution is 2.37. The standard InChI is InChI=1S/C13H21F3O3.C10H15F3O3.C10H18O2.C9H14F3NO4S.C8H12F3NO2.C7H13NO4S/c1-8(2)6-10(19-11(17)9(3)4)7-12(5,18)13(14,15)16;1-6(2)8(14)16-7(3)5-9(4,15)10(11,12)13;1-7-8(11)12-10(5,6)9(2,3)4;1-6(2)7(14)17-5-8(3,4)13-18(15,16)9(10,11)12;1-6(2)7(13)14-4-3-12-5-8(9,10)11;1-4-6(9)8-7(2,3)5-13(10,11)12/h8,10,18H,3,6-7H2,1-2,4-5H3;7,15H,1,5H2,2-4H3;7H,1H2,2-6H3;13H,1,5H2,2-4H3;12H,1,3-5H2,2H3;4H,1,5H2,2-3H3,(H,8,9)(H,10,11,12). The number of aliphatic hydroxyl groups is 2. The maximum Gasteiger partial charge on any atom is 0.511 e. The van der Waals surface area contributed by atoms with Crippen molar-refractivity contribution in [1.29, 1.82) is 0 Å². The first-order valence-corrected chi connectivity index (χ1v) is 30.0. The van der Waals surface area contributed by atoms with E-state index < -0.39 is 146 Å². The van der Waals surface area contributed by atoms with Crippen LogP contribution in [0.1, 0.15) is 144 Å². The number of halogens is 12. The van der Waals surface area contributed by atoms with Crippen LogP contribution in [0, 0.1) is 11.3 Å². The lowest BCUT2D eigenvalue weighted by atomic mass is 9.79. The van der Waals surface area contributed by atoms with Crippen molar-refractivity contribution in [2.24, 2.45) is 11.3 Å². The van der Waals surface area contributed by atoms with Crippen LogP contribution in [0.25, 0.3) is 0 Å². The average Bonchev–Trinajstić information content (AvgIpc) is 0.855. The molecule has 0 saturated heterocycles. The molecule has 0 aliphatic rings. The molecule has 0 heterocycles. The predicted molar refractivity (Wildman–Crippen MR) is 318 cm³/mol. The van der Waals surface area contributed by atoms with Gasteiger partial charge in [-0.1, -0.05) is 74.1 Å². The minimum atomic E-state index is -5.49. The monoisotopic (exact) mass is 1400 g/mol. The topological polar surface area (TPSA) is 314 Å². The lowest BCUT2D eigenvalue weighted by molar-refractivity contribution is -0.262. The van der Waals surface area contributed by atoms with E-state index in [-0.39, 0.29) is 59.2 Å². The van der Waals surface area contributed by atoms with E-state index in [0.29, 0.717) is 13.8 Å². The molecule has 92 heavy (non-hydrogen) atoms. The van der Waals surface area contributed by atoms with Crippen molar-refractivity contribution in [3.63, 3.8) is 0 Å². The van der Waals surface area contributed by atoms with Gasteiger partial charge in [-0.2, -0.15) is 65.8 Å². The van der Waals surface area contributed by atoms with Crippen LogP contribution in [0.4, 0.5) is 52.7 Å². The maximum absolute atomic E-state index is 12.6. The Hall–Kier alpha value is -5.88. The first-order chi connectivity index (χ1) is 40.3. The van der Waals surface area contributed by atoms with Crippen molar-refractivity contribution >= 4 is 55.9 Å². The molecule has 0 radical (unpaired) electrons. The van der Waals surface area contributed by atoms with Gasteiger partial charge in [-0.15, -0.1) is 0 Å². The van der Waals surface area contributed by atoms with E-state index in [0.717, 1.165) is 19.9 Å². The Kier molecular flexibility index (Phi) is 42.0. The van der Waals surface area contributed by atoms with Gasteiger partial charge in [0.2, 0.25) is 5.91 Å². The first kappa shape index (κ1) is 97.2. The van der Waals surface area contributed by atoms with Crippen molar-refractivity contribution < 1.29 is 137 Å². The molecule has 21 nitrogen and oxygen atoms in total. The van der Waals surface area contributed by atoms with Gasteiger partial charge in [0.15, 0.2) is 11.2 Å². The third-order valence-electron chi connectivity index (χ3n) is 10.9. The predicted octanol–water partition coefficient (Wildman–Crippen LogP) is 10.5. The Labute approximate surface area is 531 Å². The van der Waals surface area contributed by atoms with E-state index in [1.807, 2.05) is 34.6 Å². The highest BCUT2D eigenvalue weighted by atomic mass is 32.2. The summed E-state index contributed by atoms with van der Waals surface area (Å²) in [5.41, 5.74) is -13.8. The molecule has 0 aromatic carbocycles. The molecular weight excluding hydrogens is 1310 g/mol. The summed E-state index contributed by atoms with van der Waals surface area (Å²) in [6.45, 7) is 45.0. The molecule has 4 atom stereocenters. The van der Waals surface area contributed by atoms with Gasteiger partial charge in [0.25, 0.3) is 10.1 Å². The fourth-order valence-corrected chi connectivity index (χ4v) is 7.11. The lowest BCUT2D eigenvalue weighted by Gasteiger charge is -2.37. The minimum Gasteiger partial charge on any atom is -0.461 e. The van der Waals surface area contributed by atoms with Crippen LogP contribution < -0.4 is 15.4 Å². The number of amides is 1. The second-order valence-corrected chi connectivity index (χ2v) is 27.2. The maximum atomic E-state index is 12.6. The number of hydrogen-bond acceptors (Lipinski definition) is 18. The summed E-state index contributed by atoms with van der Waals surface area (Å²) in [5.74, 6) is -4.27. The summed E-state index contributed by atoms with van der Waals surface area (Å²) in [4.78, 5) is 65.9. The van der Waals surface area contributed by atoms with Gasteiger partial charge in [0.1, 0.15) is 31.0 Å². The third kappa shape index (κ3) is 48.8. The zero-order valence-electron chi connectivity index (χ0n) is 55.1. The lowest BCUT2D eigenvalue weighted by Crippen LogP contribution is -2.51. The summed E-state index contributed by atoms with van der Waals surface area (Å²) in [6, 6.07) is 0. The second kappa shape index (κ2) is 39.7. The van der Waals surface area contributed by atoms with Gasteiger partial charge >= 0.3 is 63.9 Å². The van der Waals surface area contributed by atoms with Crippen molar-refractivity contribution in [1.82, 2.24) is 15.4 Å². The highest BCUT2D eigenvalue weighted by molar-refractivity contribution is 7.90. The molecule has 0 rings (SSSR count). The van der Waals surface area contributed by atoms with Crippen LogP contribution in [0.2, 0.25) is 0 Å². The van der Waals surface area contributed by atoms with Crippen LogP contribution in [0.3, 0.4) is 0 Å². The molecule has 0 saturated carbocycles. The Morgan fingerprint density at radius 3 is 1.29 bits per heavy atom. The quantitative estimate of drug-likeness (QED) is 0.0117. The summed E-state index contributed by atoms with van der Waals surface area (Å²) >= 11 is 0. The zero-order valence-corrected chi connectivity index (χ0v) is 56.7. The van der Waals surface area contributed by atoms with Crippen molar-refractivity contribution in [2.75, 3.05) is 32.1 Å². The number of alkyl halides is 12. The van der Waals surface area contributed by atoms with Gasteiger partial charge in [-0.3, -0.25) is 9.35 Å². The number of hydrogen-bond donors (Lipinski definition) is 6. The Morgan fingerprint density at radius 2 is 0.967 bits per heavy atom. The number of nitrogens with one attached hydrogen (secondary N) is 3. The summed E-state index contributed by atoms with van der Waals surface area (Å²) in [6.07, 6.45) is -14.7. The van der Waals surface area contributed by atoms with Crippen LogP contribution in [0.5, 0.6) is 0 Å². The molecule has 6 N–H and O–H groups in total. The van der Waals surface area contributed by atoms with E-state index in [4.69, 9.17) is 19.1 Å². The number of carbonyl (C=O) groups is 6. The van der Waals surface area contributed by atoms with Gasteiger partial charge in [-0.05, 0) is 108 Å². The SMILES string of the molecule is C=C(C)C(=O)OC(C)CC(C)(O)C(F)(F)F.C=C(C)C(=O)OC(CC(C)C)CC(C)(O)C(F)(F)F.C=C(C)C(=O)OCC(C)(C)NS(=O)(=O)C(F)(F)F.C=C(C)C(=O)OCCNCC(F)(F)F.C=CC(=O)NC(C)(C)CS(=O)(=O)O.C=CC(=O)OC(C)(C)C(C)(C)C. The fraction of sp³-hybridized carbons (Fsp3) is 0.684. The Balaban J connectivity index is -0.000000243. The Bertz CT molecular complexity index is 2690. The first-order valence-electron chi connectivity index (χ1n) is 26.9. The molecule has 0 aromatic heterocycles. The molecule has 0 aromatic rings. The molecule has 4 unspecified atom stereocenters. The largest absolute Gasteiger partial charge is 0.511 e. The molecule has 35 heteroatoms. The van der Waals surface area contributed by atoms with Crippen LogP contribution in [0.15, 0.2) is 73.9 Å². The van der Waals surface area contributed by atoms with Gasteiger partial charge in [-0.25, -0.2) is 32.4 Å². The van der Waals surface area contributed by atoms with E-state index >= 15 is 0 Å². The van der Waals surface area contributed by atoms with Crippen LogP contribution >= 0.6 is 0 Å². The summed E-state index contributed by atoms with van der Waals surface area (Å²) in [5, 5.41) is 23.0. The smallest absolute Gasteiger partial charge is 0.461 e. The van der Waals surface area contributed by atoms with E-state index in [1.165, 1.54) is 59.3 Å². The number of rotatable bonds is 26. The molecule has 0 bridgehead atoms. The molecular formula is C57H93F12N3O18S2. The summed E-state index contributed by atoms with van der Waals surface area (Å²) < 4.78 is 222. The second-order valence-electron chi connectivity index (χ2n) is 24.1. The van der Waals surface area contributed by atoms with Crippen LogP contribution in [-0.4, -0.2) is 164 Å². The normalized spacial score (nSPS) is 14.2. The fourth-order valence-electron chi connectivity index (χ4n) is 5.22. The average molecular weight is 1400 g/mol. The molecule has 0 fully saturated rings. The van der Waals surface area contributed by atoms with Crippen molar-refractivity contribution in [3.8, 4) is 0 Å². The minimum absolute atomic E-state index is 0.0292. The van der Waals surface area contributed by atoms with E-state index in [1.54, 1.807) is 13.8 Å². The van der Waals surface area contributed by atoms with Gasteiger partial charge < -0.3 is 44.5 Å². The van der Waals surface area contributed by atoms with Crippen LogP contribution in [-0.2, 0) is 72.6 Å². The van der Waals surface area contributed by atoms with Crippen molar-refractivity contribution in [3.05, 3.63) is 73.9 Å². The van der Waals surface area contributed by atoms with Gasteiger partial charge in [0.05, 0.1) is 23.4 Å². The van der Waals surface area contributed by atoms with Crippen molar-refractivity contribution in [2.45, 2.75) is 208 Å². The Morgan fingerprint density at radius 1 is 0.576 bits per heavy atom. The number of carbonyl (C=O) groups excluding carboxylic acids is 6. The third-order valence-corrected chi connectivity index (χ3v) is 13.4. The zero-order chi connectivity index (χ0) is 75.2. The number of sulfonamides is 1. The number of ether oxygens (including phenoxy) is 5. The van der Waals surface area contributed by atoms with E-state index in [2.05, 4.69) is 64.3 Å². The van der Waals surface area contributed by atoms with E-state index in [9.17, 15) is 103 Å². The number of esters is 5. The molecule has 0 aliphatic carbocycles. The van der Waals surface area contributed by atoms with Gasteiger partial charge in [0, 0.05) is 53.2 Å². The summed E-state index contributed by atoms with van der Waals surface area (Å²) in [7, 11) is -9.57. The molecule has 1 amide bonds. The molecule has 0 spiro atoms. The molecule has 0 aliphatic heterocycles. The highest BCUT2D eigenvalue weighted by Gasteiger charge is 2.52. The molecule has 540 valence electrons.